The lowest BCUT2D eigenvalue weighted by atomic mass is 10.1. The van der Waals surface area contributed by atoms with Gasteiger partial charge in [-0.25, -0.2) is 4.39 Å². The number of halogens is 1. The van der Waals surface area contributed by atoms with Crippen molar-refractivity contribution in [1.29, 1.82) is 0 Å². The molecule has 0 spiro atoms. The predicted molar refractivity (Wildman–Crippen MR) is 78.0 cm³/mol. The van der Waals surface area contributed by atoms with Crippen LogP contribution < -0.4 is 10.5 Å². The maximum absolute atomic E-state index is 13.7. The Morgan fingerprint density at radius 2 is 1.67 bits per heavy atom. The third-order valence-corrected chi connectivity index (χ3v) is 2.76. The van der Waals surface area contributed by atoms with Crippen LogP contribution in [0.1, 0.15) is 18.5 Å². The van der Waals surface area contributed by atoms with Crippen LogP contribution in [0.2, 0.25) is 0 Å². The van der Waals surface area contributed by atoms with Crippen LogP contribution in [-0.4, -0.2) is 46.8 Å². The fraction of sp³-hybridized carbons (Fsp3) is 0.600. The predicted octanol–water partition coefficient (Wildman–Crippen LogP) is 1.90. The van der Waals surface area contributed by atoms with Crippen molar-refractivity contribution in [3.8, 4) is 5.75 Å². The van der Waals surface area contributed by atoms with Gasteiger partial charge in [0, 0.05) is 24.8 Å². The highest BCUT2D eigenvalue weighted by Gasteiger charge is 2.07. The second-order valence-corrected chi connectivity index (χ2v) is 4.54. The quantitative estimate of drug-likeness (QED) is 0.633. The molecule has 0 amide bonds. The van der Waals surface area contributed by atoms with Gasteiger partial charge in [-0.2, -0.15) is 0 Å². The Labute approximate surface area is 125 Å². The SMILES string of the molecule is COCCOCCOCCOc1ccc([C@@H](C)N)c(F)c1. The van der Waals surface area contributed by atoms with E-state index in [1.165, 1.54) is 6.07 Å². The Morgan fingerprint density at radius 3 is 2.24 bits per heavy atom. The molecule has 120 valence electrons. The number of hydrogen-bond acceptors (Lipinski definition) is 5. The minimum Gasteiger partial charge on any atom is -0.491 e. The van der Waals surface area contributed by atoms with Gasteiger partial charge in [-0.05, 0) is 13.0 Å². The van der Waals surface area contributed by atoms with E-state index in [0.29, 0.717) is 51.0 Å². The molecule has 5 nitrogen and oxygen atoms in total. The van der Waals surface area contributed by atoms with Gasteiger partial charge in [0.2, 0.25) is 0 Å². The molecule has 21 heavy (non-hydrogen) atoms. The van der Waals surface area contributed by atoms with Crippen LogP contribution in [0.25, 0.3) is 0 Å². The molecule has 1 aromatic carbocycles. The molecule has 2 N–H and O–H groups in total. The molecule has 0 heterocycles. The summed E-state index contributed by atoms with van der Waals surface area (Å²) in [6.45, 7) is 4.65. The minimum atomic E-state index is -0.352. The van der Waals surface area contributed by atoms with Crippen molar-refractivity contribution < 1.29 is 23.3 Å². The van der Waals surface area contributed by atoms with E-state index in [-0.39, 0.29) is 11.9 Å². The zero-order valence-electron chi connectivity index (χ0n) is 12.6. The van der Waals surface area contributed by atoms with Crippen LogP contribution in [-0.2, 0) is 14.2 Å². The highest BCUT2D eigenvalue weighted by molar-refractivity contribution is 5.30. The average Bonchev–Trinajstić information content (AvgIpc) is 2.45. The molecule has 0 unspecified atom stereocenters. The average molecular weight is 301 g/mol. The topological polar surface area (TPSA) is 62.9 Å². The standard InChI is InChI=1S/C15H24FNO4/c1-12(17)14-4-3-13(11-15(14)16)21-10-9-20-8-7-19-6-5-18-2/h3-4,11-12H,5-10,17H2,1-2H3/t12-/m1/s1. The Hall–Kier alpha value is -1.21. The van der Waals surface area contributed by atoms with Gasteiger partial charge in [0.1, 0.15) is 18.2 Å². The molecular weight excluding hydrogens is 277 g/mol. The fourth-order valence-corrected chi connectivity index (χ4v) is 1.65. The van der Waals surface area contributed by atoms with Gasteiger partial charge in [-0.15, -0.1) is 0 Å². The van der Waals surface area contributed by atoms with Crippen molar-refractivity contribution in [2.24, 2.45) is 5.73 Å². The van der Waals surface area contributed by atoms with Gasteiger partial charge >= 0.3 is 0 Å². The van der Waals surface area contributed by atoms with E-state index in [1.54, 1.807) is 26.2 Å². The van der Waals surface area contributed by atoms with Crippen molar-refractivity contribution in [3.05, 3.63) is 29.6 Å². The van der Waals surface area contributed by atoms with E-state index in [2.05, 4.69) is 0 Å². The van der Waals surface area contributed by atoms with Crippen LogP contribution in [0.5, 0.6) is 5.75 Å². The second kappa shape index (κ2) is 10.5. The van der Waals surface area contributed by atoms with Crippen molar-refractivity contribution in [1.82, 2.24) is 0 Å². The summed E-state index contributed by atoms with van der Waals surface area (Å²) in [7, 11) is 1.63. The summed E-state index contributed by atoms with van der Waals surface area (Å²) in [5, 5.41) is 0. The van der Waals surface area contributed by atoms with Crippen LogP contribution in [0.4, 0.5) is 4.39 Å². The van der Waals surface area contributed by atoms with E-state index >= 15 is 0 Å². The molecule has 0 aliphatic heterocycles. The van der Waals surface area contributed by atoms with Gasteiger partial charge < -0.3 is 24.7 Å². The number of nitrogens with two attached hydrogens (primary N) is 1. The molecular formula is C15H24FNO4. The van der Waals surface area contributed by atoms with E-state index in [9.17, 15) is 4.39 Å². The van der Waals surface area contributed by atoms with Crippen molar-refractivity contribution >= 4 is 0 Å². The maximum Gasteiger partial charge on any atom is 0.131 e. The summed E-state index contributed by atoms with van der Waals surface area (Å²) in [6.07, 6.45) is 0. The molecule has 1 atom stereocenters. The summed E-state index contributed by atoms with van der Waals surface area (Å²) >= 11 is 0. The van der Waals surface area contributed by atoms with Crippen LogP contribution >= 0.6 is 0 Å². The zero-order chi connectivity index (χ0) is 15.5. The van der Waals surface area contributed by atoms with Gasteiger partial charge in [-0.3, -0.25) is 0 Å². The lowest BCUT2D eigenvalue weighted by Gasteiger charge is -2.11. The van der Waals surface area contributed by atoms with Gasteiger partial charge in [0.05, 0.1) is 33.0 Å². The largest absolute Gasteiger partial charge is 0.491 e. The molecule has 6 heteroatoms. The van der Waals surface area contributed by atoms with Crippen LogP contribution in [0.3, 0.4) is 0 Å². The minimum absolute atomic E-state index is 0.333. The van der Waals surface area contributed by atoms with Gasteiger partial charge in [0.15, 0.2) is 0 Å². The normalized spacial score (nSPS) is 12.4. The fourth-order valence-electron chi connectivity index (χ4n) is 1.65. The number of rotatable bonds is 11. The smallest absolute Gasteiger partial charge is 0.131 e. The molecule has 0 saturated heterocycles. The molecule has 0 aliphatic rings. The van der Waals surface area contributed by atoms with E-state index in [1.807, 2.05) is 0 Å². The monoisotopic (exact) mass is 301 g/mol. The Balaban J connectivity index is 2.11. The molecule has 1 aromatic rings. The lowest BCUT2D eigenvalue weighted by Crippen LogP contribution is -2.12. The van der Waals surface area contributed by atoms with Crippen molar-refractivity contribution in [2.75, 3.05) is 46.8 Å². The highest BCUT2D eigenvalue weighted by atomic mass is 19.1. The third kappa shape index (κ3) is 7.38. The zero-order valence-corrected chi connectivity index (χ0v) is 12.6. The maximum atomic E-state index is 13.7. The van der Waals surface area contributed by atoms with Crippen LogP contribution in [0, 0.1) is 5.82 Å². The first-order valence-corrected chi connectivity index (χ1v) is 6.97. The summed E-state index contributed by atoms with van der Waals surface area (Å²) in [6, 6.07) is 4.35. The highest BCUT2D eigenvalue weighted by Crippen LogP contribution is 2.20. The first kappa shape index (κ1) is 17.8. The summed E-state index contributed by atoms with van der Waals surface area (Å²) in [5.74, 6) is 0.117. The second-order valence-electron chi connectivity index (χ2n) is 4.54. The van der Waals surface area contributed by atoms with Gasteiger partial charge in [0.25, 0.3) is 0 Å². The molecule has 0 fully saturated rings. The molecule has 0 aromatic heterocycles. The Morgan fingerprint density at radius 1 is 1.05 bits per heavy atom. The molecule has 0 bridgehead atoms. The summed E-state index contributed by atoms with van der Waals surface area (Å²) in [4.78, 5) is 0. The van der Waals surface area contributed by atoms with Crippen molar-refractivity contribution in [2.45, 2.75) is 13.0 Å². The molecule has 0 aliphatic carbocycles. The lowest BCUT2D eigenvalue weighted by molar-refractivity contribution is 0.0179. The first-order valence-electron chi connectivity index (χ1n) is 6.97. The number of methoxy groups -OCH3 is 1. The number of ether oxygens (including phenoxy) is 4. The first-order chi connectivity index (χ1) is 10.1. The number of hydrogen-bond donors (Lipinski definition) is 1. The van der Waals surface area contributed by atoms with E-state index in [4.69, 9.17) is 24.7 Å². The molecule has 0 radical (unpaired) electrons. The van der Waals surface area contributed by atoms with E-state index < -0.39 is 0 Å². The van der Waals surface area contributed by atoms with Gasteiger partial charge in [-0.1, -0.05) is 6.07 Å². The third-order valence-electron chi connectivity index (χ3n) is 2.76. The summed E-state index contributed by atoms with van der Waals surface area (Å²) < 4.78 is 34.5. The van der Waals surface area contributed by atoms with Crippen molar-refractivity contribution in [3.63, 3.8) is 0 Å². The molecule has 0 saturated carbocycles. The summed E-state index contributed by atoms with van der Waals surface area (Å²) in [5.41, 5.74) is 6.12. The molecule has 1 rings (SSSR count). The Bertz CT molecular complexity index is 401. The van der Waals surface area contributed by atoms with Crippen LogP contribution in [0.15, 0.2) is 18.2 Å². The number of benzene rings is 1. The Kier molecular flexibility index (Phi) is 8.93. The van der Waals surface area contributed by atoms with E-state index in [0.717, 1.165) is 0 Å².